The van der Waals surface area contributed by atoms with Crippen molar-refractivity contribution in [1.29, 1.82) is 0 Å². The first-order chi connectivity index (χ1) is 10.7. The van der Waals surface area contributed by atoms with Gasteiger partial charge in [0, 0.05) is 11.2 Å². The Bertz CT molecular complexity index is 524. The van der Waals surface area contributed by atoms with Gasteiger partial charge in [0.1, 0.15) is 6.04 Å². The minimum atomic E-state index is -0.602. The Kier molecular flexibility index (Phi) is 7.42. The average Bonchev–Trinajstić information content (AvgIpc) is 2.44. The van der Waals surface area contributed by atoms with Crippen LogP contribution in [0.25, 0.3) is 0 Å². The molecule has 0 saturated carbocycles. The molecule has 0 fully saturated rings. The van der Waals surface area contributed by atoms with E-state index in [2.05, 4.69) is 22.2 Å². The standard InChI is InChI=1S/C17H27N3O2S/c1-12(15(21)20-17(2,3)4)18-16(22)19-14-8-6-13(7-9-14)10-11-23-5/h6-9,12H,10-11H2,1-5H3,(H,20,21)(H2,18,19,22)/t12-/m1/s1. The van der Waals surface area contributed by atoms with Gasteiger partial charge in [-0.2, -0.15) is 11.8 Å². The van der Waals surface area contributed by atoms with E-state index in [9.17, 15) is 9.59 Å². The zero-order chi connectivity index (χ0) is 17.5. The minimum absolute atomic E-state index is 0.208. The molecule has 6 heteroatoms. The summed E-state index contributed by atoms with van der Waals surface area (Å²) in [6.45, 7) is 7.36. The molecule has 128 valence electrons. The lowest BCUT2D eigenvalue weighted by atomic mass is 10.1. The lowest BCUT2D eigenvalue weighted by molar-refractivity contribution is -0.123. The number of hydrogen-bond acceptors (Lipinski definition) is 3. The molecule has 0 unspecified atom stereocenters. The summed E-state index contributed by atoms with van der Waals surface area (Å²) in [6, 6.07) is 6.75. The number of carbonyl (C=O) groups is 2. The number of urea groups is 1. The molecule has 0 aliphatic carbocycles. The van der Waals surface area contributed by atoms with Crippen molar-refractivity contribution in [2.24, 2.45) is 0 Å². The van der Waals surface area contributed by atoms with Gasteiger partial charge in [0.2, 0.25) is 5.91 Å². The van der Waals surface area contributed by atoms with Crippen molar-refractivity contribution in [3.63, 3.8) is 0 Å². The van der Waals surface area contributed by atoms with Crippen molar-refractivity contribution < 1.29 is 9.59 Å². The number of amides is 3. The average molecular weight is 337 g/mol. The molecule has 3 amide bonds. The SMILES string of the molecule is CSCCc1ccc(NC(=O)N[C@H](C)C(=O)NC(C)(C)C)cc1. The topological polar surface area (TPSA) is 70.2 Å². The number of anilines is 1. The van der Waals surface area contributed by atoms with Gasteiger partial charge in [-0.05, 0) is 63.8 Å². The molecule has 1 aromatic carbocycles. The van der Waals surface area contributed by atoms with E-state index in [-0.39, 0.29) is 11.4 Å². The molecular formula is C17H27N3O2S. The fourth-order valence-corrected chi connectivity index (χ4v) is 2.32. The van der Waals surface area contributed by atoms with Crippen LogP contribution in [0.5, 0.6) is 0 Å². The van der Waals surface area contributed by atoms with Crippen LogP contribution in [0.3, 0.4) is 0 Å². The molecule has 3 N–H and O–H groups in total. The zero-order valence-corrected chi connectivity index (χ0v) is 15.3. The highest BCUT2D eigenvalue weighted by Gasteiger charge is 2.20. The summed E-state index contributed by atoms with van der Waals surface area (Å²) < 4.78 is 0. The van der Waals surface area contributed by atoms with Crippen LogP contribution in [-0.4, -0.2) is 35.5 Å². The Morgan fingerprint density at radius 3 is 2.30 bits per heavy atom. The van der Waals surface area contributed by atoms with E-state index in [1.807, 2.05) is 45.0 Å². The van der Waals surface area contributed by atoms with Crippen molar-refractivity contribution >= 4 is 29.4 Å². The Labute approximate surface area is 143 Å². The summed E-state index contributed by atoms with van der Waals surface area (Å²) >= 11 is 1.81. The van der Waals surface area contributed by atoms with Gasteiger partial charge < -0.3 is 16.0 Å². The molecule has 5 nitrogen and oxygen atoms in total. The fourth-order valence-electron chi connectivity index (χ4n) is 1.88. The number of rotatable bonds is 6. The van der Waals surface area contributed by atoms with E-state index in [4.69, 9.17) is 0 Å². The number of thioether (sulfide) groups is 1. The second-order valence-electron chi connectivity index (χ2n) is 6.50. The largest absolute Gasteiger partial charge is 0.350 e. The van der Waals surface area contributed by atoms with Crippen molar-refractivity contribution in [1.82, 2.24) is 10.6 Å². The van der Waals surface area contributed by atoms with Gasteiger partial charge in [0.25, 0.3) is 0 Å². The number of benzene rings is 1. The lowest BCUT2D eigenvalue weighted by Gasteiger charge is -2.23. The van der Waals surface area contributed by atoms with E-state index in [0.29, 0.717) is 5.69 Å². The zero-order valence-electron chi connectivity index (χ0n) is 14.5. The van der Waals surface area contributed by atoms with E-state index in [1.165, 1.54) is 5.56 Å². The molecule has 0 heterocycles. The van der Waals surface area contributed by atoms with Crippen LogP contribution in [-0.2, 0) is 11.2 Å². The summed E-state index contributed by atoms with van der Waals surface area (Å²) in [5.74, 6) is 0.869. The van der Waals surface area contributed by atoms with Crippen LogP contribution < -0.4 is 16.0 Å². The molecule has 0 aliphatic rings. The Morgan fingerprint density at radius 2 is 1.78 bits per heavy atom. The van der Waals surface area contributed by atoms with Crippen LogP contribution in [0.1, 0.15) is 33.3 Å². The maximum absolute atomic E-state index is 11.9. The fraction of sp³-hybridized carbons (Fsp3) is 0.529. The van der Waals surface area contributed by atoms with Crippen molar-refractivity contribution in [2.45, 2.75) is 45.7 Å². The predicted octanol–water partition coefficient (Wildman–Crippen LogP) is 3.02. The first-order valence-corrected chi connectivity index (χ1v) is 9.08. The van der Waals surface area contributed by atoms with Crippen LogP contribution in [0.4, 0.5) is 10.5 Å². The van der Waals surface area contributed by atoms with Crippen LogP contribution >= 0.6 is 11.8 Å². The van der Waals surface area contributed by atoms with Gasteiger partial charge in [-0.3, -0.25) is 4.79 Å². The second-order valence-corrected chi connectivity index (χ2v) is 7.48. The number of aryl methyl sites for hydroxylation is 1. The van der Waals surface area contributed by atoms with Gasteiger partial charge in [0.15, 0.2) is 0 Å². The first kappa shape index (κ1) is 19.4. The molecule has 0 saturated heterocycles. The molecule has 23 heavy (non-hydrogen) atoms. The maximum atomic E-state index is 11.9. The third kappa shape index (κ3) is 7.93. The highest BCUT2D eigenvalue weighted by molar-refractivity contribution is 7.98. The molecule has 1 atom stereocenters. The Hall–Kier alpha value is -1.69. The van der Waals surface area contributed by atoms with Crippen molar-refractivity contribution in [2.75, 3.05) is 17.3 Å². The summed E-state index contributed by atoms with van der Waals surface area (Å²) in [7, 11) is 0. The number of hydrogen-bond donors (Lipinski definition) is 3. The molecule has 1 aromatic rings. The normalized spacial score (nSPS) is 12.4. The molecule has 0 radical (unpaired) electrons. The van der Waals surface area contributed by atoms with E-state index in [0.717, 1.165) is 12.2 Å². The number of nitrogens with one attached hydrogen (secondary N) is 3. The molecule has 0 aliphatic heterocycles. The molecule has 1 rings (SSSR count). The van der Waals surface area contributed by atoms with E-state index < -0.39 is 12.1 Å². The molecular weight excluding hydrogens is 310 g/mol. The van der Waals surface area contributed by atoms with Gasteiger partial charge in [0.05, 0.1) is 0 Å². The van der Waals surface area contributed by atoms with E-state index in [1.54, 1.807) is 18.7 Å². The van der Waals surface area contributed by atoms with Gasteiger partial charge in [-0.25, -0.2) is 4.79 Å². The Balaban J connectivity index is 2.48. The quantitative estimate of drug-likeness (QED) is 0.747. The molecule has 0 bridgehead atoms. The number of carbonyl (C=O) groups excluding carboxylic acids is 2. The lowest BCUT2D eigenvalue weighted by Crippen LogP contribution is -2.51. The summed E-state index contributed by atoms with van der Waals surface area (Å²) in [5.41, 5.74) is 1.62. The van der Waals surface area contributed by atoms with Crippen molar-refractivity contribution in [3.8, 4) is 0 Å². The summed E-state index contributed by atoms with van der Waals surface area (Å²) in [6.07, 6.45) is 3.09. The van der Waals surface area contributed by atoms with E-state index >= 15 is 0 Å². The van der Waals surface area contributed by atoms with Crippen molar-refractivity contribution in [3.05, 3.63) is 29.8 Å². The van der Waals surface area contributed by atoms with Gasteiger partial charge >= 0.3 is 6.03 Å². The van der Waals surface area contributed by atoms with Gasteiger partial charge in [-0.1, -0.05) is 12.1 Å². The van der Waals surface area contributed by atoms with Crippen LogP contribution in [0.2, 0.25) is 0 Å². The Morgan fingerprint density at radius 1 is 1.17 bits per heavy atom. The first-order valence-electron chi connectivity index (χ1n) is 7.68. The van der Waals surface area contributed by atoms with Crippen LogP contribution in [0, 0.1) is 0 Å². The summed E-state index contributed by atoms with van der Waals surface area (Å²) in [4.78, 5) is 23.9. The van der Waals surface area contributed by atoms with Crippen LogP contribution in [0.15, 0.2) is 24.3 Å². The highest BCUT2D eigenvalue weighted by Crippen LogP contribution is 2.11. The minimum Gasteiger partial charge on any atom is -0.350 e. The second kappa shape index (κ2) is 8.82. The smallest absolute Gasteiger partial charge is 0.319 e. The maximum Gasteiger partial charge on any atom is 0.319 e. The third-order valence-electron chi connectivity index (χ3n) is 3.05. The molecule has 0 aromatic heterocycles. The molecule has 0 spiro atoms. The third-order valence-corrected chi connectivity index (χ3v) is 3.66. The summed E-state index contributed by atoms with van der Waals surface area (Å²) in [5, 5.41) is 8.20. The highest BCUT2D eigenvalue weighted by atomic mass is 32.2. The monoisotopic (exact) mass is 337 g/mol. The predicted molar refractivity (Wildman–Crippen MR) is 98.0 cm³/mol. The van der Waals surface area contributed by atoms with Gasteiger partial charge in [-0.15, -0.1) is 0 Å².